The van der Waals surface area contributed by atoms with Gasteiger partial charge < -0.3 is 36.8 Å². The SMILES string of the molecule is NCCCCC(NC(=O)C1CCCN1C(=O)C1CCCN1)C(=O)NC(CO)C(=O)O. The maximum Gasteiger partial charge on any atom is 0.328 e. The van der Waals surface area contributed by atoms with Gasteiger partial charge in [0, 0.05) is 6.54 Å². The highest BCUT2D eigenvalue weighted by molar-refractivity contribution is 5.94. The minimum Gasteiger partial charge on any atom is -0.480 e. The molecule has 3 amide bonds. The van der Waals surface area contributed by atoms with Gasteiger partial charge in [0.1, 0.15) is 18.1 Å². The second kappa shape index (κ2) is 11.8. The average molecular weight is 428 g/mol. The van der Waals surface area contributed by atoms with Crippen LogP contribution in [0.5, 0.6) is 0 Å². The van der Waals surface area contributed by atoms with Crippen molar-refractivity contribution in [1.29, 1.82) is 0 Å². The van der Waals surface area contributed by atoms with Gasteiger partial charge in [-0.2, -0.15) is 0 Å². The molecule has 2 aliphatic rings. The van der Waals surface area contributed by atoms with E-state index >= 15 is 0 Å². The number of hydrogen-bond acceptors (Lipinski definition) is 7. The predicted molar refractivity (Wildman–Crippen MR) is 107 cm³/mol. The van der Waals surface area contributed by atoms with Crippen LogP contribution in [-0.4, -0.2) is 89.2 Å². The maximum absolute atomic E-state index is 12.9. The molecule has 0 aromatic carbocycles. The number of nitrogens with zero attached hydrogens (tertiary/aromatic N) is 1. The van der Waals surface area contributed by atoms with Crippen molar-refractivity contribution in [2.75, 3.05) is 26.2 Å². The van der Waals surface area contributed by atoms with Crippen LogP contribution in [0, 0.1) is 0 Å². The maximum atomic E-state index is 12.9. The third-order valence-electron chi connectivity index (χ3n) is 5.57. The van der Waals surface area contributed by atoms with Crippen molar-refractivity contribution in [1.82, 2.24) is 20.9 Å². The Morgan fingerprint density at radius 2 is 1.87 bits per heavy atom. The smallest absolute Gasteiger partial charge is 0.328 e. The molecule has 0 aromatic heterocycles. The minimum atomic E-state index is -1.45. The van der Waals surface area contributed by atoms with E-state index in [0.717, 1.165) is 19.4 Å². The van der Waals surface area contributed by atoms with Crippen molar-refractivity contribution in [3.63, 3.8) is 0 Å². The Morgan fingerprint density at radius 1 is 1.10 bits per heavy atom. The van der Waals surface area contributed by atoms with Gasteiger partial charge in [-0.3, -0.25) is 14.4 Å². The van der Waals surface area contributed by atoms with Gasteiger partial charge in [0.2, 0.25) is 17.7 Å². The molecule has 170 valence electrons. The lowest BCUT2D eigenvalue weighted by Gasteiger charge is -2.28. The average Bonchev–Trinajstić information content (AvgIpc) is 3.42. The number of likely N-dealkylation sites (tertiary alicyclic amines) is 1. The number of amides is 3. The van der Waals surface area contributed by atoms with Gasteiger partial charge in [-0.05, 0) is 58.0 Å². The van der Waals surface area contributed by atoms with Crippen molar-refractivity contribution in [2.45, 2.75) is 69.1 Å². The first kappa shape index (κ1) is 24.0. The summed E-state index contributed by atoms with van der Waals surface area (Å²) in [6.07, 6.45) is 4.35. The molecule has 2 heterocycles. The zero-order chi connectivity index (χ0) is 22.1. The van der Waals surface area contributed by atoms with Crippen LogP contribution in [-0.2, 0) is 19.2 Å². The quantitative estimate of drug-likeness (QED) is 0.203. The van der Waals surface area contributed by atoms with Gasteiger partial charge in [0.25, 0.3) is 0 Å². The Bertz CT molecular complexity index is 625. The van der Waals surface area contributed by atoms with Crippen LogP contribution >= 0.6 is 0 Å². The lowest BCUT2D eigenvalue weighted by Crippen LogP contribution is -2.57. The number of rotatable bonds is 11. The van der Waals surface area contributed by atoms with E-state index in [0.29, 0.717) is 38.8 Å². The molecule has 0 saturated carbocycles. The normalized spacial score (nSPS) is 23.1. The number of nitrogens with one attached hydrogen (secondary N) is 3. The van der Waals surface area contributed by atoms with E-state index in [-0.39, 0.29) is 18.4 Å². The summed E-state index contributed by atoms with van der Waals surface area (Å²) in [5.41, 5.74) is 5.50. The Kier molecular flexibility index (Phi) is 9.47. The van der Waals surface area contributed by atoms with Crippen molar-refractivity contribution in [2.24, 2.45) is 5.73 Å². The summed E-state index contributed by atoms with van der Waals surface area (Å²) in [4.78, 5) is 50.9. The Balaban J connectivity index is 2.03. The molecule has 4 atom stereocenters. The standard InChI is InChI=1S/C19H33N5O6/c20-8-2-1-5-12(16(26)23-14(11-25)19(29)30)22-17(27)15-7-4-10-24(15)18(28)13-6-3-9-21-13/h12-15,21,25H,1-11,20H2,(H,22,27)(H,23,26)(H,29,30). The fourth-order valence-electron chi connectivity index (χ4n) is 3.89. The van der Waals surface area contributed by atoms with Gasteiger partial charge in [0.05, 0.1) is 12.6 Å². The molecule has 4 unspecified atom stereocenters. The van der Waals surface area contributed by atoms with Crippen molar-refractivity contribution < 1.29 is 29.4 Å². The third kappa shape index (κ3) is 6.38. The summed E-state index contributed by atoms with van der Waals surface area (Å²) in [5, 5.41) is 26.3. The van der Waals surface area contributed by atoms with E-state index in [2.05, 4.69) is 16.0 Å². The largest absolute Gasteiger partial charge is 0.480 e. The summed E-state index contributed by atoms with van der Waals surface area (Å²) in [7, 11) is 0. The zero-order valence-electron chi connectivity index (χ0n) is 17.1. The number of nitrogens with two attached hydrogens (primary N) is 1. The van der Waals surface area contributed by atoms with E-state index < -0.39 is 42.5 Å². The minimum absolute atomic E-state index is 0.0968. The fourth-order valence-corrected chi connectivity index (χ4v) is 3.89. The number of carbonyl (C=O) groups excluding carboxylic acids is 3. The lowest BCUT2D eigenvalue weighted by molar-refractivity contribution is -0.144. The van der Waals surface area contributed by atoms with E-state index in [9.17, 15) is 19.2 Å². The molecular weight excluding hydrogens is 394 g/mol. The van der Waals surface area contributed by atoms with Gasteiger partial charge in [-0.15, -0.1) is 0 Å². The first-order valence-electron chi connectivity index (χ1n) is 10.6. The summed E-state index contributed by atoms with van der Waals surface area (Å²) < 4.78 is 0. The first-order chi connectivity index (χ1) is 14.4. The second-order valence-electron chi connectivity index (χ2n) is 7.77. The molecule has 2 saturated heterocycles. The number of hydrogen-bond donors (Lipinski definition) is 6. The molecule has 0 spiro atoms. The lowest BCUT2D eigenvalue weighted by atomic mass is 10.1. The van der Waals surface area contributed by atoms with Crippen LogP contribution in [0.2, 0.25) is 0 Å². The van der Waals surface area contributed by atoms with E-state index in [1.165, 1.54) is 0 Å². The number of carboxylic acids is 1. The van der Waals surface area contributed by atoms with Crippen LogP contribution in [0.4, 0.5) is 0 Å². The summed E-state index contributed by atoms with van der Waals surface area (Å²) in [6.45, 7) is 0.935. The number of aliphatic hydroxyl groups is 1. The number of aliphatic carboxylic acids is 1. The topological polar surface area (TPSA) is 174 Å². The van der Waals surface area contributed by atoms with Crippen LogP contribution in [0.25, 0.3) is 0 Å². The highest BCUT2D eigenvalue weighted by atomic mass is 16.4. The third-order valence-corrected chi connectivity index (χ3v) is 5.57. The van der Waals surface area contributed by atoms with E-state index in [1.807, 2.05) is 0 Å². The molecule has 2 rings (SSSR count). The summed E-state index contributed by atoms with van der Waals surface area (Å²) in [5.74, 6) is -2.58. The van der Waals surface area contributed by atoms with Gasteiger partial charge >= 0.3 is 5.97 Å². The number of carboxylic acid groups (broad SMARTS) is 1. The molecule has 7 N–H and O–H groups in total. The molecule has 0 aromatic rings. The molecule has 2 aliphatic heterocycles. The Labute approximate surface area is 175 Å². The van der Waals surface area contributed by atoms with Crippen molar-refractivity contribution in [3.8, 4) is 0 Å². The fraction of sp³-hybridized carbons (Fsp3) is 0.789. The monoisotopic (exact) mass is 427 g/mol. The number of unbranched alkanes of at least 4 members (excludes halogenated alkanes) is 1. The van der Waals surface area contributed by atoms with E-state index in [1.54, 1.807) is 4.90 Å². The predicted octanol–water partition coefficient (Wildman–Crippen LogP) is -2.10. The van der Waals surface area contributed by atoms with Crippen molar-refractivity contribution >= 4 is 23.7 Å². The highest BCUT2D eigenvalue weighted by Crippen LogP contribution is 2.21. The molecule has 11 heteroatoms. The molecular formula is C19H33N5O6. The molecule has 0 aliphatic carbocycles. The first-order valence-corrected chi connectivity index (χ1v) is 10.6. The summed E-state index contributed by atoms with van der Waals surface area (Å²) >= 11 is 0. The second-order valence-corrected chi connectivity index (χ2v) is 7.77. The zero-order valence-corrected chi connectivity index (χ0v) is 17.1. The van der Waals surface area contributed by atoms with Crippen LogP contribution < -0.4 is 21.7 Å². The molecule has 11 nitrogen and oxygen atoms in total. The van der Waals surface area contributed by atoms with Gasteiger partial charge in [0.15, 0.2) is 0 Å². The number of aliphatic hydroxyl groups excluding tert-OH is 1. The molecule has 2 fully saturated rings. The van der Waals surface area contributed by atoms with Gasteiger partial charge in [-0.25, -0.2) is 4.79 Å². The molecule has 30 heavy (non-hydrogen) atoms. The van der Waals surface area contributed by atoms with Crippen LogP contribution in [0.15, 0.2) is 0 Å². The van der Waals surface area contributed by atoms with E-state index in [4.69, 9.17) is 15.9 Å². The number of carbonyl (C=O) groups is 4. The summed E-state index contributed by atoms with van der Waals surface area (Å²) in [6, 6.07) is -3.36. The van der Waals surface area contributed by atoms with Crippen molar-refractivity contribution in [3.05, 3.63) is 0 Å². The van der Waals surface area contributed by atoms with Gasteiger partial charge in [-0.1, -0.05) is 0 Å². The van der Waals surface area contributed by atoms with Crippen LogP contribution in [0.3, 0.4) is 0 Å². The Morgan fingerprint density at radius 3 is 2.47 bits per heavy atom. The highest BCUT2D eigenvalue weighted by Gasteiger charge is 2.39. The Hall–Kier alpha value is -2.24. The molecule has 0 bridgehead atoms. The van der Waals surface area contributed by atoms with Crippen LogP contribution in [0.1, 0.15) is 44.9 Å². The molecule has 0 radical (unpaired) electrons.